The van der Waals surface area contributed by atoms with Gasteiger partial charge in [-0.1, -0.05) is 0 Å². The van der Waals surface area contributed by atoms with Crippen LogP contribution in [0.25, 0.3) is 0 Å². The zero-order valence-electron chi connectivity index (χ0n) is 16.2. The molecule has 3 N–H and O–H groups in total. The van der Waals surface area contributed by atoms with Gasteiger partial charge < -0.3 is 30.2 Å². The lowest BCUT2D eigenvalue weighted by Crippen LogP contribution is -2.46. The highest BCUT2D eigenvalue weighted by atomic mass is 16.6. The molecule has 0 bridgehead atoms. The van der Waals surface area contributed by atoms with E-state index in [1.165, 1.54) is 0 Å². The molecule has 1 fully saturated rings. The predicted octanol–water partition coefficient (Wildman–Crippen LogP) is 2.79. The lowest BCUT2D eigenvalue weighted by molar-refractivity contribution is 0.0497. The van der Waals surface area contributed by atoms with Crippen LogP contribution < -0.4 is 20.7 Å². The molecule has 1 heterocycles. The minimum Gasteiger partial charge on any atom is -0.491 e. The number of benzene rings is 1. The molecule has 1 amide bonds. The summed E-state index contributed by atoms with van der Waals surface area (Å²) in [6.45, 7) is 8.28. The molecule has 26 heavy (non-hydrogen) atoms. The number of carbonyl (C=O) groups is 1. The second-order valence-electron chi connectivity index (χ2n) is 7.47. The Hall–Kier alpha value is -2.15. The van der Waals surface area contributed by atoms with Crippen molar-refractivity contribution in [2.45, 2.75) is 45.3 Å². The molecular formula is C19H31N3O4. The predicted molar refractivity (Wildman–Crippen MR) is 103 cm³/mol. The molecule has 1 aromatic rings. The highest BCUT2D eigenvalue weighted by Gasteiger charge is 2.24. The number of nitrogen functional groups attached to an aromatic ring is 1. The molecule has 0 atom stereocenters. The van der Waals surface area contributed by atoms with E-state index in [-0.39, 0.29) is 12.1 Å². The van der Waals surface area contributed by atoms with Gasteiger partial charge in [-0.25, -0.2) is 4.79 Å². The summed E-state index contributed by atoms with van der Waals surface area (Å²) in [7, 11) is 1.64. The van der Waals surface area contributed by atoms with Crippen LogP contribution in [0.4, 0.5) is 16.2 Å². The van der Waals surface area contributed by atoms with Crippen LogP contribution in [0, 0.1) is 0 Å². The third-order valence-corrected chi connectivity index (χ3v) is 4.11. The normalized spacial score (nSPS) is 15.6. The van der Waals surface area contributed by atoms with E-state index in [0.717, 1.165) is 37.4 Å². The summed E-state index contributed by atoms with van der Waals surface area (Å²) in [6.07, 6.45) is 1.35. The molecule has 7 heteroatoms. The van der Waals surface area contributed by atoms with Gasteiger partial charge in [-0.15, -0.1) is 0 Å². The summed E-state index contributed by atoms with van der Waals surface area (Å²) < 4.78 is 15.9. The highest BCUT2D eigenvalue weighted by Crippen LogP contribution is 2.30. The van der Waals surface area contributed by atoms with Crippen LogP contribution in [-0.4, -0.2) is 51.1 Å². The van der Waals surface area contributed by atoms with Gasteiger partial charge in [-0.2, -0.15) is 0 Å². The van der Waals surface area contributed by atoms with Gasteiger partial charge in [0.1, 0.15) is 18.0 Å². The average molecular weight is 365 g/mol. The van der Waals surface area contributed by atoms with Gasteiger partial charge in [0.05, 0.1) is 18.0 Å². The van der Waals surface area contributed by atoms with Gasteiger partial charge >= 0.3 is 6.09 Å². The Morgan fingerprint density at radius 3 is 2.54 bits per heavy atom. The number of anilines is 2. The number of amides is 1. The molecule has 1 aromatic carbocycles. The van der Waals surface area contributed by atoms with E-state index in [2.05, 4.69) is 10.2 Å². The van der Waals surface area contributed by atoms with Gasteiger partial charge in [0, 0.05) is 32.3 Å². The molecule has 7 nitrogen and oxygen atoms in total. The van der Waals surface area contributed by atoms with Crippen LogP contribution in [0.2, 0.25) is 0 Å². The van der Waals surface area contributed by atoms with Crippen LogP contribution >= 0.6 is 0 Å². The lowest BCUT2D eigenvalue weighted by Gasteiger charge is -2.35. The van der Waals surface area contributed by atoms with Crippen LogP contribution in [0.5, 0.6) is 5.75 Å². The number of nitrogens with one attached hydrogen (secondary N) is 1. The van der Waals surface area contributed by atoms with Gasteiger partial charge in [-0.05, 0) is 45.7 Å². The molecular weight excluding hydrogens is 334 g/mol. The summed E-state index contributed by atoms with van der Waals surface area (Å²) in [5.41, 5.74) is 7.41. The highest BCUT2D eigenvalue weighted by molar-refractivity contribution is 5.70. The number of rotatable bonds is 6. The van der Waals surface area contributed by atoms with E-state index in [4.69, 9.17) is 19.9 Å². The Morgan fingerprint density at radius 1 is 1.27 bits per heavy atom. The Labute approximate surface area is 155 Å². The van der Waals surface area contributed by atoms with Crippen molar-refractivity contribution in [3.8, 4) is 5.75 Å². The third kappa shape index (κ3) is 6.29. The first-order chi connectivity index (χ1) is 12.3. The average Bonchev–Trinajstić information content (AvgIpc) is 2.54. The number of nitrogens with zero attached hydrogens (tertiary/aromatic N) is 1. The second-order valence-corrected chi connectivity index (χ2v) is 7.47. The maximum atomic E-state index is 11.9. The molecule has 0 saturated carbocycles. The van der Waals surface area contributed by atoms with E-state index in [1.807, 2.05) is 39.0 Å². The minimum absolute atomic E-state index is 0.124. The molecule has 0 aliphatic carbocycles. The Morgan fingerprint density at radius 2 is 1.96 bits per heavy atom. The monoisotopic (exact) mass is 365 g/mol. The first-order valence-corrected chi connectivity index (χ1v) is 9.04. The van der Waals surface area contributed by atoms with Crippen LogP contribution in [0.3, 0.4) is 0 Å². The Bertz CT molecular complexity index is 593. The standard InChI is InChI=1S/C19H31N3O4/c1-19(2,3)26-18(23)21-14-7-9-22(10-8-14)17-6-5-15(13-16(17)20)25-12-11-24-4/h5-6,13-14H,7-12,20H2,1-4H3,(H,21,23). The summed E-state index contributed by atoms with van der Waals surface area (Å²) in [4.78, 5) is 14.1. The molecule has 1 aliphatic heterocycles. The zero-order chi connectivity index (χ0) is 19.2. The van der Waals surface area contributed by atoms with Crippen molar-refractivity contribution < 1.29 is 19.0 Å². The van der Waals surface area contributed by atoms with Crippen molar-refractivity contribution in [3.63, 3.8) is 0 Å². The number of piperidine rings is 1. The van der Waals surface area contributed by atoms with E-state index in [1.54, 1.807) is 7.11 Å². The van der Waals surface area contributed by atoms with E-state index >= 15 is 0 Å². The van der Waals surface area contributed by atoms with E-state index in [9.17, 15) is 4.79 Å². The fourth-order valence-electron chi connectivity index (χ4n) is 2.89. The van der Waals surface area contributed by atoms with E-state index in [0.29, 0.717) is 18.9 Å². The molecule has 1 aliphatic rings. The van der Waals surface area contributed by atoms with Crippen molar-refractivity contribution >= 4 is 17.5 Å². The number of hydrogen-bond donors (Lipinski definition) is 2. The molecule has 0 aromatic heterocycles. The molecule has 2 rings (SSSR count). The molecule has 0 unspecified atom stereocenters. The topological polar surface area (TPSA) is 86.0 Å². The fraction of sp³-hybridized carbons (Fsp3) is 0.632. The van der Waals surface area contributed by atoms with Crippen LogP contribution in [0.15, 0.2) is 18.2 Å². The molecule has 1 saturated heterocycles. The van der Waals surface area contributed by atoms with Gasteiger partial charge in [-0.3, -0.25) is 0 Å². The number of nitrogens with two attached hydrogens (primary N) is 1. The number of carbonyl (C=O) groups excluding carboxylic acids is 1. The van der Waals surface area contributed by atoms with Crippen molar-refractivity contribution in [2.75, 3.05) is 44.0 Å². The summed E-state index contributed by atoms with van der Waals surface area (Å²) in [5.74, 6) is 0.741. The maximum absolute atomic E-state index is 11.9. The second kappa shape index (κ2) is 8.98. The first-order valence-electron chi connectivity index (χ1n) is 9.04. The largest absolute Gasteiger partial charge is 0.491 e. The van der Waals surface area contributed by atoms with Crippen molar-refractivity contribution in [2.24, 2.45) is 0 Å². The number of ether oxygens (including phenoxy) is 3. The van der Waals surface area contributed by atoms with Crippen molar-refractivity contribution in [1.82, 2.24) is 5.32 Å². The molecule has 0 radical (unpaired) electrons. The Balaban J connectivity index is 1.84. The van der Waals surface area contributed by atoms with Crippen molar-refractivity contribution in [3.05, 3.63) is 18.2 Å². The van der Waals surface area contributed by atoms with Crippen LogP contribution in [0.1, 0.15) is 33.6 Å². The number of methoxy groups -OCH3 is 1. The fourth-order valence-corrected chi connectivity index (χ4v) is 2.89. The van der Waals surface area contributed by atoms with Gasteiger partial charge in [0.15, 0.2) is 0 Å². The van der Waals surface area contributed by atoms with Crippen LogP contribution in [-0.2, 0) is 9.47 Å². The molecule has 146 valence electrons. The smallest absolute Gasteiger partial charge is 0.407 e. The quantitative estimate of drug-likeness (QED) is 0.595. The molecule has 0 spiro atoms. The minimum atomic E-state index is -0.480. The van der Waals surface area contributed by atoms with E-state index < -0.39 is 5.60 Å². The summed E-state index contributed by atoms with van der Waals surface area (Å²) >= 11 is 0. The Kier molecular flexibility index (Phi) is 6.97. The summed E-state index contributed by atoms with van der Waals surface area (Å²) in [5, 5.41) is 2.95. The number of hydrogen-bond acceptors (Lipinski definition) is 6. The maximum Gasteiger partial charge on any atom is 0.407 e. The third-order valence-electron chi connectivity index (χ3n) is 4.11. The van der Waals surface area contributed by atoms with Crippen molar-refractivity contribution in [1.29, 1.82) is 0 Å². The van der Waals surface area contributed by atoms with Gasteiger partial charge in [0.25, 0.3) is 0 Å². The SMILES string of the molecule is COCCOc1ccc(N2CCC(NC(=O)OC(C)(C)C)CC2)c(N)c1. The lowest BCUT2D eigenvalue weighted by atomic mass is 10.0. The zero-order valence-corrected chi connectivity index (χ0v) is 16.2. The number of alkyl carbamates (subject to hydrolysis) is 1. The van der Waals surface area contributed by atoms with Gasteiger partial charge in [0.2, 0.25) is 0 Å². The first kappa shape index (κ1) is 20.2. The summed E-state index contributed by atoms with van der Waals surface area (Å²) in [6, 6.07) is 5.88.